The monoisotopic (exact) mass is 290 g/mol. The van der Waals surface area contributed by atoms with Crippen LogP contribution in [0.3, 0.4) is 0 Å². The summed E-state index contributed by atoms with van der Waals surface area (Å²) in [6, 6.07) is 7.59. The second-order valence-corrected chi connectivity index (χ2v) is 5.72. The number of para-hydroxylation sites is 2. The van der Waals surface area contributed by atoms with E-state index in [4.69, 9.17) is 9.47 Å². The maximum absolute atomic E-state index is 12.4. The van der Waals surface area contributed by atoms with Crippen LogP contribution in [0.25, 0.3) is 0 Å². The molecule has 1 fully saturated rings. The predicted octanol–water partition coefficient (Wildman–Crippen LogP) is 1.43. The van der Waals surface area contributed by atoms with Crippen molar-refractivity contribution in [3.05, 3.63) is 24.3 Å². The van der Waals surface area contributed by atoms with Crippen LogP contribution in [0, 0.1) is 0 Å². The predicted molar refractivity (Wildman–Crippen MR) is 79.6 cm³/mol. The number of amides is 1. The summed E-state index contributed by atoms with van der Waals surface area (Å²) in [5.41, 5.74) is 0. The first kappa shape index (κ1) is 14.2. The van der Waals surface area contributed by atoms with E-state index in [1.165, 1.54) is 0 Å². The molecule has 0 aliphatic carbocycles. The molecule has 2 aliphatic rings. The Hall–Kier alpha value is -1.75. The third-order valence-electron chi connectivity index (χ3n) is 4.03. The minimum Gasteiger partial charge on any atom is -0.486 e. The number of hydrogen-bond donors (Lipinski definition) is 1. The molecule has 1 saturated heterocycles. The lowest BCUT2D eigenvalue weighted by molar-refractivity contribution is -0.134. The Morgan fingerprint density at radius 3 is 2.90 bits per heavy atom. The van der Waals surface area contributed by atoms with Gasteiger partial charge in [0.2, 0.25) is 5.91 Å². The lowest BCUT2D eigenvalue weighted by Gasteiger charge is -2.32. The summed E-state index contributed by atoms with van der Waals surface area (Å²) >= 11 is 0. The number of likely N-dealkylation sites (N-methyl/N-ethyl adjacent to an activating group) is 1. The van der Waals surface area contributed by atoms with Crippen LogP contribution >= 0.6 is 0 Å². The number of ether oxygens (including phenoxy) is 2. The molecule has 0 spiro atoms. The van der Waals surface area contributed by atoms with Gasteiger partial charge in [-0.15, -0.1) is 0 Å². The van der Waals surface area contributed by atoms with Crippen LogP contribution in [0.1, 0.15) is 19.3 Å². The molecule has 5 nitrogen and oxygen atoms in total. The number of fused-ring (bicyclic) bond motifs is 1. The molecule has 0 bridgehead atoms. The summed E-state index contributed by atoms with van der Waals surface area (Å²) in [6.07, 6.45) is 3.09. The highest BCUT2D eigenvalue weighted by Crippen LogP contribution is 2.31. The second-order valence-electron chi connectivity index (χ2n) is 5.72. The van der Waals surface area contributed by atoms with Gasteiger partial charge in [-0.25, -0.2) is 0 Å². The van der Waals surface area contributed by atoms with Gasteiger partial charge in [-0.3, -0.25) is 4.79 Å². The number of benzene rings is 1. The highest BCUT2D eigenvalue weighted by molar-refractivity contribution is 5.81. The molecule has 114 valence electrons. The molecule has 0 radical (unpaired) electrons. The molecule has 2 aliphatic heterocycles. The van der Waals surface area contributed by atoms with Gasteiger partial charge in [0.15, 0.2) is 17.6 Å². The second kappa shape index (κ2) is 6.35. The van der Waals surface area contributed by atoms with Crippen LogP contribution in [-0.4, -0.2) is 49.7 Å². The number of nitrogens with zero attached hydrogens (tertiary/aromatic N) is 1. The highest BCUT2D eigenvalue weighted by Gasteiger charge is 2.27. The van der Waals surface area contributed by atoms with Crippen molar-refractivity contribution < 1.29 is 14.3 Å². The minimum absolute atomic E-state index is 0.0412. The molecule has 0 saturated carbocycles. The van der Waals surface area contributed by atoms with Crippen molar-refractivity contribution in [3.63, 3.8) is 0 Å². The molecule has 1 amide bonds. The summed E-state index contributed by atoms with van der Waals surface area (Å²) in [4.78, 5) is 14.1. The molecule has 1 aromatic carbocycles. The standard InChI is InChI=1S/C16H22N2O3/c1-18(16(19)13-6-4-5-9-17-13)10-12-11-20-14-7-2-3-8-15(14)21-12/h2-3,7-8,12-13,17H,4-6,9-11H2,1H3. The Morgan fingerprint density at radius 2 is 2.14 bits per heavy atom. The van der Waals surface area contributed by atoms with Gasteiger partial charge in [0, 0.05) is 7.05 Å². The van der Waals surface area contributed by atoms with E-state index >= 15 is 0 Å². The van der Waals surface area contributed by atoms with Gasteiger partial charge >= 0.3 is 0 Å². The minimum atomic E-state index is -0.113. The smallest absolute Gasteiger partial charge is 0.239 e. The van der Waals surface area contributed by atoms with Gasteiger partial charge in [-0.1, -0.05) is 18.6 Å². The largest absolute Gasteiger partial charge is 0.486 e. The maximum Gasteiger partial charge on any atom is 0.239 e. The Bertz CT molecular complexity index is 500. The zero-order chi connectivity index (χ0) is 14.7. The van der Waals surface area contributed by atoms with E-state index < -0.39 is 0 Å². The fourth-order valence-corrected chi connectivity index (χ4v) is 2.88. The summed E-state index contributed by atoms with van der Waals surface area (Å²) in [5.74, 6) is 1.68. The SMILES string of the molecule is CN(CC1COc2ccccc2O1)C(=O)C1CCCCN1. The van der Waals surface area contributed by atoms with E-state index in [1.807, 2.05) is 31.3 Å². The van der Waals surface area contributed by atoms with E-state index in [-0.39, 0.29) is 18.1 Å². The number of nitrogens with one attached hydrogen (secondary N) is 1. The van der Waals surface area contributed by atoms with Gasteiger partial charge in [0.1, 0.15) is 6.61 Å². The number of rotatable bonds is 3. The molecule has 1 aromatic rings. The van der Waals surface area contributed by atoms with Crippen molar-refractivity contribution in [1.82, 2.24) is 10.2 Å². The average molecular weight is 290 g/mol. The maximum atomic E-state index is 12.4. The summed E-state index contributed by atoms with van der Waals surface area (Å²) in [6.45, 7) is 1.96. The summed E-state index contributed by atoms with van der Waals surface area (Å²) < 4.78 is 11.6. The first-order valence-electron chi connectivity index (χ1n) is 7.61. The number of hydrogen-bond acceptors (Lipinski definition) is 4. The van der Waals surface area contributed by atoms with Gasteiger partial charge in [0.25, 0.3) is 0 Å². The Kier molecular flexibility index (Phi) is 4.29. The molecule has 3 rings (SSSR count). The topological polar surface area (TPSA) is 50.8 Å². The molecule has 21 heavy (non-hydrogen) atoms. The van der Waals surface area contributed by atoms with Crippen molar-refractivity contribution >= 4 is 5.91 Å². The van der Waals surface area contributed by atoms with E-state index in [0.717, 1.165) is 37.3 Å². The highest BCUT2D eigenvalue weighted by atomic mass is 16.6. The van der Waals surface area contributed by atoms with Crippen LogP contribution < -0.4 is 14.8 Å². The van der Waals surface area contributed by atoms with E-state index in [9.17, 15) is 4.79 Å². The zero-order valence-corrected chi connectivity index (χ0v) is 12.4. The van der Waals surface area contributed by atoms with Crippen LogP contribution in [0.15, 0.2) is 24.3 Å². The number of carbonyl (C=O) groups excluding carboxylic acids is 1. The van der Waals surface area contributed by atoms with Crippen LogP contribution in [-0.2, 0) is 4.79 Å². The number of piperidine rings is 1. The molecular formula is C16H22N2O3. The van der Waals surface area contributed by atoms with Crippen LogP contribution in [0.5, 0.6) is 11.5 Å². The van der Waals surface area contributed by atoms with Crippen molar-refractivity contribution in [2.45, 2.75) is 31.4 Å². The molecule has 5 heteroatoms. The van der Waals surface area contributed by atoms with E-state index in [2.05, 4.69) is 5.32 Å². The lowest BCUT2D eigenvalue weighted by Crippen LogP contribution is -2.50. The molecule has 2 atom stereocenters. The van der Waals surface area contributed by atoms with E-state index in [1.54, 1.807) is 4.90 Å². The molecule has 0 aromatic heterocycles. The zero-order valence-electron chi connectivity index (χ0n) is 12.4. The van der Waals surface area contributed by atoms with Crippen LogP contribution in [0.2, 0.25) is 0 Å². The first-order valence-corrected chi connectivity index (χ1v) is 7.61. The fourth-order valence-electron chi connectivity index (χ4n) is 2.88. The molecule has 2 unspecified atom stereocenters. The lowest BCUT2D eigenvalue weighted by atomic mass is 10.0. The van der Waals surface area contributed by atoms with Crippen molar-refractivity contribution in [2.24, 2.45) is 0 Å². The van der Waals surface area contributed by atoms with Gasteiger partial charge in [0.05, 0.1) is 12.6 Å². The Balaban J connectivity index is 1.56. The number of carbonyl (C=O) groups is 1. The third kappa shape index (κ3) is 3.29. The first-order chi connectivity index (χ1) is 10.2. The Labute approximate surface area is 125 Å². The summed E-state index contributed by atoms with van der Waals surface area (Å²) in [5, 5.41) is 3.29. The van der Waals surface area contributed by atoms with Gasteiger partial charge < -0.3 is 19.7 Å². The molecule has 1 N–H and O–H groups in total. The van der Waals surface area contributed by atoms with Crippen LogP contribution in [0.4, 0.5) is 0 Å². The van der Waals surface area contributed by atoms with E-state index in [0.29, 0.717) is 13.2 Å². The quantitative estimate of drug-likeness (QED) is 0.915. The van der Waals surface area contributed by atoms with Crippen molar-refractivity contribution in [2.75, 3.05) is 26.7 Å². The fraction of sp³-hybridized carbons (Fsp3) is 0.562. The van der Waals surface area contributed by atoms with Crippen molar-refractivity contribution in [3.8, 4) is 11.5 Å². The third-order valence-corrected chi connectivity index (χ3v) is 4.03. The van der Waals surface area contributed by atoms with Crippen molar-refractivity contribution in [1.29, 1.82) is 0 Å². The van der Waals surface area contributed by atoms with Gasteiger partial charge in [-0.05, 0) is 31.5 Å². The Morgan fingerprint density at radius 1 is 1.33 bits per heavy atom. The molecule has 2 heterocycles. The van der Waals surface area contributed by atoms with Gasteiger partial charge in [-0.2, -0.15) is 0 Å². The summed E-state index contributed by atoms with van der Waals surface area (Å²) in [7, 11) is 1.84. The molecular weight excluding hydrogens is 268 g/mol. The average Bonchev–Trinajstić information content (AvgIpc) is 2.55. The normalized spacial score (nSPS) is 24.4.